The van der Waals surface area contributed by atoms with Crippen molar-refractivity contribution in [2.75, 3.05) is 12.4 Å². The van der Waals surface area contributed by atoms with Gasteiger partial charge in [-0.2, -0.15) is 0 Å². The predicted molar refractivity (Wildman–Crippen MR) is 92.6 cm³/mol. The van der Waals surface area contributed by atoms with E-state index in [9.17, 15) is 14.0 Å². The van der Waals surface area contributed by atoms with Crippen LogP contribution in [-0.4, -0.2) is 25.1 Å². The Bertz CT molecular complexity index is 788. The van der Waals surface area contributed by atoms with Gasteiger partial charge in [0.25, 0.3) is 5.91 Å². The Hall–Kier alpha value is -3.15. The quantitative estimate of drug-likeness (QED) is 0.645. The van der Waals surface area contributed by atoms with Crippen molar-refractivity contribution in [2.45, 2.75) is 13.0 Å². The lowest BCUT2D eigenvalue weighted by Crippen LogP contribution is -2.29. The summed E-state index contributed by atoms with van der Waals surface area (Å²) in [5.41, 5.74) is 1.05. The Morgan fingerprint density at radius 3 is 2.64 bits per heavy atom. The first-order chi connectivity index (χ1) is 12.0. The molecule has 0 aromatic heterocycles. The fraction of sp³-hybridized carbons (Fsp3) is 0.158. The van der Waals surface area contributed by atoms with Gasteiger partial charge < -0.3 is 14.8 Å². The molecule has 0 radical (unpaired) electrons. The summed E-state index contributed by atoms with van der Waals surface area (Å²) < 4.78 is 23.2. The Balaban J connectivity index is 1.90. The number of halogens is 1. The van der Waals surface area contributed by atoms with Gasteiger partial charge in [0.15, 0.2) is 6.10 Å². The zero-order valence-electron chi connectivity index (χ0n) is 13.9. The molecular weight excluding hydrogens is 325 g/mol. The smallest absolute Gasteiger partial charge is 0.331 e. The minimum absolute atomic E-state index is 0.401. The number of benzene rings is 2. The molecule has 2 aromatic rings. The van der Waals surface area contributed by atoms with E-state index in [0.717, 1.165) is 6.08 Å². The van der Waals surface area contributed by atoms with E-state index < -0.39 is 23.8 Å². The average molecular weight is 343 g/mol. The fourth-order valence-corrected chi connectivity index (χ4v) is 1.99. The molecule has 0 unspecified atom stereocenters. The third-order valence-electron chi connectivity index (χ3n) is 3.26. The van der Waals surface area contributed by atoms with Gasteiger partial charge in [-0.25, -0.2) is 9.18 Å². The zero-order valence-corrected chi connectivity index (χ0v) is 13.9. The van der Waals surface area contributed by atoms with Gasteiger partial charge in [-0.1, -0.05) is 18.2 Å². The minimum atomic E-state index is -0.990. The second-order valence-corrected chi connectivity index (χ2v) is 5.19. The van der Waals surface area contributed by atoms with Crippen molar-refractivity contribution in [1.29, 1.82) is 0 Å². The maximum atomic E-state index is 13.1. The molecule has 0 aliphatic rings. The molecular formula is C19H18FNO4. The standard InChI is InChI=1S/C19H18FNO4/c1-13(19(23)21-16-7-4-8-17(12-16)24-2)25-18(22)10-9-14-5-3-6-15(20)11-14/h3-13H,1-2H3,(H,21,23)/b10-9+/t13-/m1/s1. The van der Waals surface area contributed by atoms with Gasteiger partial charge in [0.2, 0.25) is 0 Å². The lowest BCUT2D eigenvalue weighted by atomic mass is 10.2. The lowest BCUT2D eigenvalue weighted by molar-refractivity contribution is -0.148. The van der Waals surface area contributed by atoms with E-state index in [1.165, 1.54) is 38.3 Å². The van der Waals surface area contributed by atoms with Crippen LogP contribution in [0.25, 0.3) is 6.08 Å². The van der Waals surface area contributed by atoms with E-state index in [1.807, 2.05) is 0 Å². The van der Waals surface area contributed by atoms with E-state index in [-0.39, 0.29) is 0 Å². The van der Waals surface area contributed by atoms with Crippen LogP contribution in [0.5, 0.6) is 5.75 Å². The lowest BCUT2D eigenvalue weighted by Gasteiger charge is -2.12. The van der Waals surface area contributed by atoms with Gasteiger partial charge in [0.05, 0.1) is 7.11 Å². The molecule has 2 rings (SSSR count). The summed E-state index contributed by atoms with van der Waals surface area (Å²) in [6.07, 6.45) is 1.57. The minimum Gasteiger partial charge on any atom is -0.497 e. The van der Waals surface area contributed by atoms with Crippen LogP contribution in [0.3, 0.4) is 0 Å². The second-order valence-electron chi connectivity index (χ2n) is 5.19. The molecule has 0 aliphatic heterocycles. The zero-order chi connectivity index (χ0) is 18.2. The van der Waals surface area contributed by atoms with E-state index in [0.29, 0.717) is 17.0 Å². The molecule has 0 bridgehead atoms. The summed E-state index contributed by atoms with van der Waals surface area (Å²) in [7, 11) is 1.52. The summed E-state index contributed by atoms with van der Waals surface area (Å²) in [6.45, 7) is 1.46. The van der Waals surface area contributed by atoms with E-state index >= 15 is 0 Å². The van der Waals surface area contributed by atoms with Gasteiger partial charge in [0.1, 0.15) is 11.6 Å². The SMILES string of the molecule is COc1cccc(NC(=O)[C@@H](C)OC(=O)/C=C/c2cccc(F)c2)c1. The van der Waals surface area contributed by atoms with Crippen molar-refractivity contribution in [3.8, 4) is 5.75 Å². The van der Waals surface area contributed by atoms with Crippen LogP contribution < -0.4 is 10.1 Å². The molecule has 1 atom stereocenters. The van der Waals surface area contributed by atoms with Crippen LogP contribution in [0.15, 0.2) is 54.6 Å². The molecule has 2 aromatic carbocycles. The van der Waals surface area contributed by atoms with Gasteiger partial charge in [-0.3, -0.25) is 4.79 Å². The maximum absolute atomic E-state index is 13.1. The number of carbonyl (C=O) groups is 2. The normalized spacial score (nSPS) is 11.8. The van der Waals surface area contributed by atoms with Gasteiger partial charge in [-0.15, -0.1) is 0 Å². The maximum Gasteiger partial charge on any atom is 0.331 e. The van der Waals surface area contributed by atoms with E-state index in [4.69, 9.17) is 9.47 Å². The fourth-order valence-electron chi connectivity index (χ4n) is 1.99. The third-order valence-corrected chi connectivity index (χ3v) is 3.26. The van der Waals surface area contributed by atoms with Crippen LogP contribution in [0.1, 0.15) is 12.5 Å². The Labute approximate surface area is 145 Å². The van der Waals surface area contributed by atoms with Crippen molar-refractivity contribution < 1.29 is 23.5 Å². The number of hydrogen-bond donors (Lipinski definition) is 1. The largest absolute Gasteiger partial charge is 0.497 e. The molecule has 130 valence electrons. The highest BCUT2D eigenvalue weighted by molar-refractivity contribution is 5.96. The topological polar surface area (TPSA) is 64.6 Å². The molecule has 1 N–H and O–H groups in total. The van der Waals surface area contributed by atoms with Crippen LogP contribution in [0.2, 0.25) is 0 Å². The van der Waals surface area contributed by atoms with Crippen LogP contribution >= 0.6 is 0 Å². The van der Waals surface area contributed by atoms with Crippen molar-refractivity contribution in [3.63, 3.8) is 0 Å². The molecule has 0 saturated heterocycles. The predicted octanol–water partition coefficient (Wildman–Crippen LogP) is 3.42. The average Bonchev–Trinajstić information content (AvgIpc) is 2.60. The van der Waals surface area contributed by atoms with Crippen LogP contribution in [-0.2, 0) is 14.3 Å². The summed E-state index contributed by atoms with van der Waals surface area (Å²) in [5, 5.41) is 2.63. The van der Waals surface area contributed by atoms with Crippen molar-refractivity contribution in [3.05, 3.63) is 66.0 Å². The highest BCUT2D eigenvalue weighted by Crippen LogP contribution is 2.17. The molecule has 6 heteroatoms. The van der Waals surface area contributed by atoms with Gasteiger partial charge in [0, 0.05) is 17.8 Å². The number of ether oxygens (including phenoxy) is 2. The number of rotatable bonds is 6. The third kappa shape index (κ3) is 5.76. The first-order valence-corrected chi connectivity index (χ1v) is 7.57. The van der Waals surface area contributed by atoms with Gasteiger partial charge >= 0.3 is 5.97 Å². The number of hydrogen-bond acceptors (Lipinski definition) is 4. The van der Waals surface area contributed by atoms with E-state index in [2.05, 4.69) is 5.32 Å². The molecule has 0 heterocycles. The molecule has 25 heavy (non-hydrogen) atoms. The van der Waals surface area contributed by atoms with Crippen molar-refractivity contribution in [2.24, 2.45) is 0 Å². The summed E-state index contributed by atoms with van der Waals surface area (Å²) in [5.74, 6) is -0.972. The number of esters is 1. The molecule has 0 aliphatic carbocycles. The number of nitrogens with one attached hydrogen (secondary N) is 1. The molecule has 0 saturated carbocycles. The van der Waals surface area contributed by atoms with E-state index in [1.54, 1.807) is 30.3 Å². The van der Waals surface area contributed by atoms with Gasteiger partial charge in [-0.05, 0) is 42.8 Å². The summed E-state index contributed by atoms with van der Waals surface area (Å²) in [6, 6.07) is 12.6. The summed E-state index contributed by atoms with van der Waals surface area (Å²) in [4.78, 5) is 23.8. The van der Waals surface area contributed by atoms with Crippen LogP contribution in [0.4, 0.5) is 10.1 Å². The first-order valence-electron chi connectivity index (χ1n) is 7.57. The number of amides is 1. The Morgan fingerprint density at radius 2 is 1.92 bits per heavy atom. The monoisotopic (exact) mass is 343 g/mol. The number of anilines is 1. The highest BCUT2D eigenvalue weighted by atomic mass is 19.1. The molecule has 5 nitrogen and oxygen atoms in total. The Morgan fingerprint density at radius 1 is 1.16 bits per heavy atom. The molecule has 0 spiro atoms. The molecule has 0 fully saturated rings. The highest BCUT2D eigenvalue weighted by Gasteiger charge is 2.16. The summed E-state index contributed by atoms with van der Waals surface area (Å²) >= 11 is 0. The van der Waals surface area contributed by atoms with Crippen LogP contribution in [0, 0.1) is 5.82 Å². The van der Waals surface area contributed by atoms with Crippen molar-refractivity contribution in [1.82, 2.24) is 0 Å². The molecule has 1 amide bonds. The number of methoxy groups -OCH3 is 1. The van der Waals surface area contributed by atoms with Crippen molar-refractivity contribution >= 4 is 23.6 Å². The second kappa shape index (κ2) is 8.63. The Kier molecular flexibility index (Phi) is 6.28. The number of carbonyl (C=O) groups excluding carboxylic acids is 2. The first kappa shape index (κ1) is 18.2.